The summed E-state index contributed by atoms with van der Waals surface area (Å²) >= 11 is 5.24. The Morgan fingerprint density at radius 2 is 2.04 bits per heavy atom. The van der Waals surface area contributed by atoms with Crippen molar-refractivity contribution in [1.82, 2.24) is 14.7 Å². The maximum Gasteiger partial charge on any atom is 0.288 e. The van der Waals surface area contributed by atoms with Crippen LogP contribution in [0, 0.1) is 4.84 Å². The van der Waals surface area contributed by atoms with Crippen molar-refractivity contribution in [2.24, 2.45) is 0 Å². The molecule has 0 spiro atoms. The fourth-order valence-corrected chi connectivity index (χ4v) is 4.98. The maximum absolute atomic E-state index is 11.7. The van der Waals surface area contributed by atoms with E-state index in [9.17, 15) is 8.42 Å². The number of hydrogen-bond acceptors (Lipinski definition) is 8. The Morgan fingerprint density at radius 3 is 2.63 bits per heavy atom. The van der Waals surface area contributed by atoms with Crippen molar-refractivity contribution in [3.8, 4) is 11.5 Å². The second-order valence-corrected chi connectivity index (χ2v) is 8.91. The van der Waals surface area contributed by atoms with Gasteiger partial charge in [-0.15, -0.1) is 5.10 Å². The molecule has 1 aromatic heterocycles. The number of rotatable bonds is 8. The molecule has 27 heavy (non-hydrogen) atoms. The lowest BCUT2D eigenvalue weighted by atomic mass is 10.2. The summed E-state index contributed by atoms with van der Waals surface area (Å²) in [4.78, 5) is 2.29. The van der Waals surface area contributed by atoms with Crippen molar-refractivity contribution in [3.05, 3.63) is 35.0 Å². The molecule has 0 unspecified atom stereocenters. The molecule has 0 radical (unpaired) electrons. The number of benzene rings is 1. The van der Waals surface area contributed by atoms with Gasteiger partial charge in [-0.2, -0.15) is 0 Å². The van der Waals surface area contributed by atoms with Gasteiger partial charge in [-0.05, 0) is 49.4 Å². The molecule has 0 saturated carbocycles. The standard InChI is InChI=1S/C17H23N3O5S2/c1-3-19(13-8-9-27(21,22)11-13)12-20-17(26)25-16(18-20)10-24-15-6-4-14(23-2)5-7-15/h4-7,13H,3,8-12H2,1-2H3/t13-/m0/s1. The van der Waals surface area contributed by atoms with Gasteiger partial charge < -0.3 is 13.9 Å². The largest absolute Gasteiger partial charge is 0.497 e. The van der Waals surface area contributed by atoms with E-state index in [0.717, 1.165) is 5.75 Å². The molecule has 0 amide bonds. The number of nitrogens with zero attached hydrogens (tertiary/aromatic N) is 3. The Balaban J connectivity index is 1.62. The molecule has 2 heterocycles. The maximum atomic E-state index is 11.7. The molecule has 3 rings (SSSR count). The molecule has 0 bridgehead atoms. The second kappa shape index (κ2) is 8.41. The van der Waals surface area contributed by atoms with Gasteiger partial charge in [-0.1, -0.05) is 6.92 Å². The van der Waals surface area contributed by atoms with E-state index in [0.29, 0.717) is 31.3 Å². The van der Waals surface area contributed by atoms with E-state index in [1.165, 1.54) is 0 Å². The van der Waals surface area contributed by atoms with Crippen LogP contribution in [0.2, 0.25) is 0 Å². The molecule has 1 aromatic carbocycles. The molecule has 0 aliphatic carbocycles. The van der Waals surface area contributed by atoms with E-state index in [1.807, 2.05) is 6.92 Å². The van der Waals surface area contributed by atoms with E-state index in [2.05, 4.69) is 10.00 Å². The summed E-state index contributed by atoms with van der Waals surface area (Å²) in [6, 6.07) is 7.18. The van der Waals surface area contributed by atoms with Crippen LogP contribution in [0.1, 0.15) is 19.2 Å². The minimum Gasteiger partial charge on any atom is -0.497 e. The highest BCUT2D eigenvalue weighted by Gasteiger charge is 2.32. The molecular weight excluding hydrogens is 390 g/mol. The van der Waals surface area contributed by atoms with Gasteiger partial charge in [0.1, 0.15) is 11.5 Å². The minimum absolute atomic E-state index is 0.0161. The third-order valence-electron chi connectivity index (χ3n) is 4.52. The predicted molar refractivity (Wildman–Crippen MR) is 102 cm³/mol. The quantitative estimate of drug-likeness (QED) is 0.609. The molecule has 0 N–H and O–H groups in total. The fourth-order valence-electron chi connectivity index (χ4n) is 3.02. The zero-order valence-corrected chi connectivity index (χ0v) is 17.0. The van der Waals surface area contributed by atoms with E-state index in [4.69, 9.17) is 26.1 Å². The minimum atomic E-state index is -2.94. The van der Waals surface area contributed by atoms with Crippen LogP contribution in [-0.4, -0.2) is 54.3 Å². The van der Waals surface area contributed by atoms with Crippen LogP contribution >= 0.6 is 12.2 Å². The van der Waals surface area contributed by atoms with Gasteiger partial charge in [-0.3, -0.25) is 4.90 Å². The smallest absolute Gasteiger partial charge is 0.288 e. The number of sulfone groups is 1. The van der Waals surface area contributed by atoms with Gasteiger partial charge in [0.2, 0.25) is 0 Å². The average molecular weight is 414 g/mol. The van der Waals surface area contributed by atoms with Gasteiger partial charge in [0.15, 0.2) is 16.4 Å². The Kier molecular flexibility index (Phi) is 6.18. The SMILES string of the molecule is CCN(Cn1nc(COc2ccc(OC)cc2)oc1=S)[C@H]1CCS(=O)(=O)C1. The number of methoxy groups -OCH3 is 1. The van der Waals surface area contributed by atoms with E-state index in [-0.39, 0.29) is 29.0 Å². The van der Waals surface area contributed by atoms with Crippen molar-refractivity contribution in [3.63, 3.8) is 0 Å². The topological polar surface area (TPSA) is 86.8 Å². The van der Waals surface area contributed by atoms with E-state index >= 15 is 0 Å². The second-order valence-electron chi connectivity index (χ2n) is 6.33. The van der Waals surface area contributed by atoms with Crippen molar-refractivity contribution in [2.45, 2.75) is 32.7 Å². The van der Waals surface area contributed by atoms with Crippen molar-refractivity contribution < 1.29 is 22.3 Å². The molecule has 1 aliphatic heterocycles. The monoisotopic (exact) mass is 413 g/mol. The Morgan fingerprint density at radius 1 is 1.33 bits per heavy atom. The summed E-state index contributed by atoms with van der Waals surface area (Å²) in [6.45, 7) is 3.23. The Labute approximate surface area is 163 Å². The van der Waals surface area contributed by atoms with Crippen LogP contribution in [-0.2, 0) is 23.1 Å². The van der Waals surface area contributed by atoms with Gasteiger partial charge in [0.05, 0.1) is 25.3 Å². The van der Waals surface area contributed by atoms with Gasteiger partial charge in [0.25, 0.3) is 10.7 Å². The highest BCUT2D eigenvalue weighted by atomic mass is 32.2. The lowest BCUT2D eigenvalue weighted by Gasteiger charge is -2.25. The van der Waals surface area contributed by atoms with Gasteiger partial charge in [-0.25, -0.2) is 13.1 Å². The molecule has 1 atom stereocenters. The first-order valence-electron chi connectivity index (χ1n) is 8.68. The number of aromatic nitrogens is 2. The van der Waals surface area contributed by atoms with Crippen LogP contribution in [0.25, 0.3) is 0 Å². The zero-order chi connectivity index (χ0) is 19.4. The predicted octanol–water partition coefficient (Wildman–Crippen LogP) is 2.26. The van der Waals surface area contributed by atoms with E-state index < -0.39 is 9.84 Å². The molecule has 1 fully saturated rings. The Hall–Kier alpha value is -1.91. The van der Waals surface area contributed by atoms with Crippen LogP contribution in [0.3, 0.4) is 0 Å². The van der Waals surface area contributed by atoms with Crippen molar-refractivity contribution >= 4 is 22.1 Å². The molecule has 10 heteroatoms. The third-order valence-corrected chi connectivity index (χ3v) is 6.56. The van der Waals surface area contributed by atoms with Crippen LogP contribution in [0.4, 0.5) is 0 Å². The number of ether oxygens (including phenoxy) is 2. The lowest BCUT2D eigenvalue weighted by molar-refractivity contribution is 0.162. The van der Waals surface area contributed by atoms with Crippen LogP contribution in [0.15, 0.2) is 28.7 Å². The molecule has 148 valence electrons. The van der Waals surface area contributed by atoms with Gasteiger partial charge >= 0.3 is 0 Å². The summed E-state index contributed by atoms with van der Waals surface area (Å²) in [5.74, 6) is 2.19. The summed E-state index contributed by atoms with van der Waals surface area (Å²) in [5, 5.41) is 4.36. The summed E-state index contributed by atoms with van der Waals surface area (Å²) in [5.41, 5.74) is 0. The molecular formula is C17H23N3O5S2. The normalized spacial score (nSPS) is 18.7. The molecule has 1 aliphatic rings. The van der Waals surface area contributed by atoms with Gasteiger partial charge in [0, 0.05) is 6.04 Å². The van der Waals surface area contributed by atoms with Crippen molar-refractivity contribution in [1.29, 1.82) is 0 Å². The lowest BCUT2D eigenvalue weighted by Crippen LogP contribution is -2.37. The summed E-state index contributed by atoms with van der Waals surface area (Å²) in [7, 11) is -1.34. The molecule has 2 aromatic rings. The number of hydrogen-bond donors (Lipinski definition) is 0. The van der Waals surface area contributed by atoms with Crippen LogP contribution < -0.4 is 9.47 Å². The first-order valence-corrected chi connectivity index (χ1v) is 10.9. The summed E-state index contributed by atoms with van der Waals surface area (Å²) in [6.07, 6.45) is 0.634. The molecule has 8 nitrogen and oxygen atoms in total. The fraction of sp³-hybridized carbons (Fsp3) is 0.529. The summed E-state index contributed by atoms with van der Waals surface area (Å²) < 4.78 is 41.3. The molecule has 1 saturated heterocycles. The highest BCUT2D eigenvalue weighted by Crippen LogP contribution is 2.20. The average Bonchev–Trinajstić information content (AvgIpc) is 3.19. The first kappa shape index (κ1) is 19.8. The van der Waals surface area contributed by atoms with Crippen molar-refractivity contribution in [2.75, 3.05) is 25.2 Å². The van der Waals surface area contributed by atoms with Crippen LogP contribution in [0.5, 0.6) is 11.5 Å². The zero-order valence-electron chi connectivity index (χ0n) is 15.3. The highest BCUT2D eigenvalue weighted by molar-refractivity contribution is 7.91. The first-order chi connectivity index (χ1) is 12.9. The van der Waals surface area contributed by atoms with E-state index in [1.54, 1.807) is 36.1 Å². The Bertz CT molecular complexity index is 921. The third kappa shape index (κ3) is 5.08.